The highest BCUT2D eigenvalue weighted by atomic mass is 16.6. The second-order valence-corrected chi connectivity index (χ2v) is 9.73. The van der Waals surface area contributed by atoms with Gasteiger partial charge in [-0.05, 0) is 76.3 Å². The highest BCUT2D eigenvalue weighted by Crippen LogP contribution is 2.40. The number of nitrogens with one attached hydrogen (secondary N) is 1. The maximum absolute atomic E-state index is 13.1. The summed E-state index contributed by atoms with van der Waals surface area (Å²) in [5.41, 5.74) is 7.38. The number of nitrogens with zero attached hydrogens (tertiary/aromatic N) is 1. The second-order valence-electron chi connectivity index (χ2n) is 9.73. The topological polar surface area (TPSA) is 60.5 Å². The van der Waals surface area contributed by atoms with Crippen LogP contribution in [-0.2, 0) is 20.8 Å². The number of rotatable bonds is 7. The Morgan fingerprint density at radius 1 is 1.00 bits per heavy atom. The molecule has 0 saturated carbocycles. The minimum absolute atomic E-state index is 0.428. The van der Waals surface area contributed by atoms with E-state index in [1.807, 2.05) is 52.8 Å². The lowest BCUT2D eigenvalue weighted by Gasteiger charge is -2.30. The smallest absolute Gasteiger partial charge is 0.339 e. The molecule has 0 radical (unpaired) electrons. The van der Waals surface area contributed by atoms with Gasteiger partial charge in [0, 0.05) is 23.4 Å². The predicted molar refractivity (Wildman–Crippen MR) is 138 cm³/mol. The molecule has 0 spiro atoms. The molecule has 34 heavy (non-hydrogen) atoms. The SMILES string of the molecule is COC(=O)C(OC(C)(C)C)c1c(C)c(NCc2ccccc2)nc(C)c1-c1ccc(C)c(C)c1. The standard InChI is InChI=1S/C29H36N2O3/c1-18-14-15-23(16-19(18)2)25-21(4)31-27(30-17-22-12-10-9-11-13-22)20(3)24(25)26(28(32)33-8)34-29(5,6)7/h9-16,26H,17H2,1-8H3,(H,30,31). The minimum atomic E-state index is -0.888. The Kier molecular flexibility index (Phi) is 7.78. The van der Waals surface area contributed by atoms with Crippen molar-refractivity contribution >= 4 is 11.8 Å². The Hall–Kier alpha value is -3.18. The monoisotopic (exact) mass is 460 g/mol. The molecule has 1 aromatic heterocycles. The van der Waals surface area contributed by atoms with E-state index in [1.165, 1.54) is 18.2 Å². The van der Waals surface area contributed by atoms with Crippen LogP contribution in [0.1, 0.15) is 60.4 Å². The molecule has 0 aliphatic heterocycles. The first-order valence-corrected chi connectivity index (χ1v) is 11.6. The fourth-order valence-electron chi connectivity index (χ4n) is 4.05. The molecule has 0 saturated heterocycles. The summed E-state index contributed by atoms with van der Waals surface area (Å²) < 4.78 is 11.5. The molecule has 0 aliphatic rings. The molecule has 5 nitrogen and oxygen atoms in total. The van der Waals surface area contributed by atoms with Gasteiger partial charge in [0.15, 0.2) is 6.10 Å². The molecule has 0 aliphatic carbocycles. The average molecular weight is 461 g/mol. The molecule has 0 amide bonds. The zero-order valence-corrected chi connectivity index (χ0v) is 21.6. The highest BCUT2D eigenvalue weighted by Gasteiger charge is 2.33. The molecule has 1 unspecified atom stereocenters. The zero-order chi connectivity index (χ0) is 25.0. The molecule has 0 fully saturated rings. The van der Waals surface area contributed by atoms with Crippen LogP contribution in [0.4, 0.5) is 5.82 Å². The number of hydrogen-bond acceptors (Lipinski definition) is 5. The van der Waals surface area contributed by atoms with Crippen LogP contribution >= 0.6 is 0 Å². The summed E-state index contributed by atoms with van der Waals surface area (Å²) in [6, 6.07) is 16.5. The largest absolute Gasteiger partial charge is 0.467 e. The van der Waals surface area contributed by atoms with E-state index in [0.29, 0.717) is 6.54 Å². The van der Waals surface area contributed by atoms with Crippen LogP contribution in [0.25, 0.3) is 11.1 Å². The summed E-state index contributed by atoms with van der Waals surface area (Å²) in [7, 11) is 1.40. The summed E-state index contributed by atoms with van der Waals surface area (Å²) in [6.45, 7) is 14.6. The predicted octanol–water partition coefficient (Wildman–Crippen LogP) is 6.62. The van der Waals surface area contributed by atoms with Gasteiger partial charge in [-0.3, -0.25) is 0 Å². The Morgan fingerprint density at radius 3 is 2.26 bits per heavy atom. The highest BCUT2D eigenvalue weighted by molar-refractivity contribution is 5.84. The molecular weight excluding hydrogens is 424 g/mol. The fraction of sp³-hybridized carbons (Fsp3) is 0.379. The third kappa shape index (κ3) is 5.84. The third-order valence-corrected chi connectivity index (χ3v) is 5.92. The van der Waals surface area contributed by atoms with Crippen molar-refractivity contribution in [2.75, 3.05) is 12.4 Å². The van der Waals surface area contributed by atoms with E-state index >= 15 is 0 Å². The normalized spacial score (nSPS) is 12.4. The van der Waals surface area contributed by atoms with Crippen molar-refractivity contribution in [3.8, 4) is 11.1 Å². The van der Waals surface area contributed by atoms with Crippen molar-refractivity contribution in [1.29, 1.82) is 0 Å². The molecule has 1 heterocycles. The van der Waals surface area contributed by atoms with Gasteiger partial charge < -0.3 is 14.8 Å². The van der Waals surface area contributed by atoms with E-state index < -0.39 is 17.7 Å². The number of pyridine rings is 1. The first kappa shape index (κ1) is 25.4. The second kappa shape index (κ2) is 10.4. The number of carbonyl (C=O) groups excluding carboxylic acids is 1. The fourth-order valence-corrected chi connectivity index (χ4v) is 4.05. The van der Waals surface area contributed by atoms with E-state index in [0.717, 1.165) is 39.3 Å². The molecule has 3 rings (SSSR count). The zero-order valence-electron chi connectivity index (χ0n) is 21.6. The number of esters is 1. The molecular formula is C29H36N2O3. The number of aromatic nitrogens is 1. The molecule has 180 valence electrons. The summed E-state index contributed by atoms with van der Waals surface area (Å²) >= 11 is 0. The number of methoxy groups -OCH3 is 1. The van der Waals surface area contributed by atoms with Gasteiger partial charge in [0.1, 0.15) is 5.82 Å². The Morgan fingerprint density at radius 2 is 1.68 bits per heavy atom. The lowest BCUT2D eigenvalue weighted by Crippen LogP contribution is -2.29. The van der Waals surface area contributed by atoms with Crippen LogP contribution in [0.5, 0.6) is 0 Å². The van der Waals surface area contributed by atoms with E-state index in [9.17, 15) is 4.79 Å². The van der Waals surface area contributed by atoms with E-state index in [-0.39, 0.29) is 0 Å². The van der Waals surface area contributed by atoms with Crippen molar-refractivity contribution in [3.05, 3.63) is 82.0 Å². The van der Waals surface area contributed by atoms with Crippen LogP contribution in [0, 0.1) is 27.7 Å². The quantitative estimate of drug-likeness (QED) is 0.401. The Bertz CT molecular complexity index is 1160. The van der Waals surface area contributed by atoms with Gasteiger partial charge in [-0.25, -0.2) is 9.78 Å². The van der Waals surface area contributed by atoms with Crippen LogP contribution in [0.3, 0.4) is 0 Å². The van der Waals surface area contributed by atoms with Gasteiger partial charge in [0.05, 0.1) is 12.7 Å². The molecule has 5 heteroatoms. The first-order valence-electron chi connectivity index (χ1n) is 11.6. The van der Waals surface area contributed by atoms with Gasteiger partial charge >= 0.3 is 5.97 Å². The number of carbonyl (C=O) groups is 1. The van der Waals surface area contributed by atoms with Crippen molar-refractivity contribution in [3.63, 3.8) is 0 Å². The molecule has 3 aromatic rings. The van der Waals surface area contributed by atoms with Gasteiger partial charge in [-0.1, -0.05) is 48.5 Å². The van der Waals surface area contributed by atoms with Crippen LogP contribution in [0.2, 0.25) is 0 Å². The number of benzene rings is 2. The molecule has 1 N–H and O–H groups in total. The summed E-state index contributed by atoms with van der Waals surface area (Å²) in [4.78, 5) is 18.0. The number of ether oxygens (including phenoxy) is 2. The maximum atomic E-state index is 13.1. The van der Waals surface area contributed by atoms with Crippen molar-refractivity contribution in [2.24, 2.45) is 0 Å². The lowest BCUT2D eigenvalue weighted by molar-refractivity contribution is -0.164. The Balaban J connectivity index is 2.22. The molecule has 0 bridgehead atoms. The van der Waals surface area contributed by atoms with Crippen molar-refractivity contribution in [1.82, 2.24) is 4.98 Å². The van der Waals surface area contributed by atoms with Crippen LogP contribution in [-0.4, -0.2) is 23.7 Å². The average Bonchev–Trinajstić information content (AvgIpc) is 2.79. The minimum Gasteiger partial charge on any atom is -0.467 e. The van der Waals surface area contributed by atoms with E-state index in [2.05, 4.69) is 49.5 Å². The molecule has 1 atom stereocenters. The Labute approximate surface area is 203 Å². The van der Waals surface area contributed by atoms with E-state index in [1.54, 1.807) is 0 Å². The van der Waals surface area contributed by atoms with Crippen molar-refractivity contribution < 1.29 is 14.3 Å². The summed E-state index contributed by atoms with van der Waals surface area (Å²) in [5, 5.41) is 3.47. The van der Waals surface area contributed by atoms with Crippen LogP contribution < -0.4 is 5.32 Å². The van der Waals surface area contributed by atoms with Gasteiger partial charge in [0.2, 0.25) is 0 Å². The van der Waals surface area contributed by atoms with Crippen LogP contribution in [0.15, 0.2) is 48.5 Å². The van der Waals surface area contributed by atoms with Gasteiger partial charge in [-0.15, -0.1) is 0 Å². The summed E-state index contributed by atoms with van der Waals surface area (Å²) in [6.07, 6.45) is -0.888. The van der Waals surface area contributed by atoms with Gasteiger partial charge in [-0.2, -0.15) is 0 Å². The third-order valence-electron chi connectivity index (χ3n) is 5.92. The molecule has 2 aromatic carbocycles. The van der Waals surface area contributed by atoms with Gasteiger partial charge in [0.25, 0.3) is 0 Å². The van der Waals surface area contributed by atoms with Crippen molar-refractivity contribution in [2.45, 2.75) is 66.7 Å². The van der Waals surface area contributed by atoms with E-state index in [4.69, 9.17) is 14.5 Å². The number of hydrogen-bond donors (Lipinski definition) is 1. The first-order chi connectivity index (χ1) is 16.0. The lowest BCUT2D eigenvalue weighted by atomic mass is 9.89. The summed E-state index contributed by atoms with van der Waals surface area (Å²) in [5.74, 6) is 0.304. The maximum Gasteiger partial charge on any atom is 0.339 e. The number of aryl methyl sites for hydroxylation is 3. The number of anilines is 1.